The van der Waals surface area contributed by atoms with E-state index in [4.69, 9.17) is 9.47 Å². The summed E-state index contributed by atoms with van der Waals surface area (Å²) < 4.78 is 11.1. The first-order chi connectivity index (χ1) is 12.8. The van der Waals surface area contributed by atoms with Gasteiger partial charge in [-0.05, 0) is 36.4 Å². The number of carbonyl (C=O) groups is 1. The monoisotopic (exact) mass is 353 g/mol. The molecule has 0 bridgehead atoms. The first-order valence-corrected chi connectivity index (χ1v) is 9.04. The van der Waals surface area contributed by atoms with Gasteiger partial charge in [0.05, 0.1) is 26.0 Å². The molecule has 4 rings (SSSR count). The van der Waals surface area contributed by atoms with Crippen molar-refractivity contribution in [1.82, 2.24) is 9.88 Å². The number of likely N-dealkylation sites (tertiary alicyclic amines) is 1. The van der Waals surface area contributed by atoms with Crippen molar-refractivity contribution in [1.29, 1.82) is 0 Å². The number of ether oxygens (including phenoxy) is 2. The van der Waals surface area contributed by atoms with Gasteiger partial charge in [-0.1, -0.05) is 0 Å². The quantitative estimate of drug-likeness (QED) is 0.824. The summed E-state index contributed by atoms with van der Waals surface area (Å²) in [6, 6.07) is 11.7. The van der Waals surface area contributed by atoms with E-state index >= 15 is 0 Å². The third kappa shape index (κ3) is 3.80. The predicted molar refractivity (Wildman–Crippen MR) is 98.6 cm³/mol. The molecule has 0 N–H and O–H groups in total. The van der Waals surface area contributed by atoms with Crippen LogP contribution >= 0.6 is 0 Å². The zero-order valence-corrected chi connectivity index (χ0v) is 14.7. The Morgan fingerprint density at radius 3 is 2.62 bits per heavy atom. The normalized spacial score (nSPS) is 17.7. The molecule has 136 valence electrons. The Labute approximate surface area is 153 Å². The zero-order chi connectivity index (χ0) is 17.8. The second kappa shape index (κ2) is 7.74. The summed E-state index contributed by atoms with van der Waals surface area (Å²) in [5.41, 5.74) is 1.89. The van der Waals surface area contributed by atoms with Crippen molar-refractivity contribution in [2.75, 3.05) is 50.9 Å². The van der Waals surface area contributed by atoms with Crippen LogP contribution in [0.15, 0.2) is 48.8 Å². The highest BCUT2D eigenvalue weighted by Gasteiger charge is 2.31. The lowest BCUT2D eigenvalue weighted by Crippen LogP contribution is -2.52. The van der Waals surface area contributed by atoms with Crippen molar-refractivity contribution in [3.8, 4) is 5.75 Å². The first-order valence-electron chi connectivity index (χ1n) is 9.04. The largest absolute Gasteiger partial charge is 0.492 e. The van der Waals surface area contributed by atoms with Gasteiger partial charge >= 0.3 is 0 Å². The van der Waals surface area contributed by atoms with E-state index < -0.39 is 0 Å². The molecule has 6 nitrogen and oxygen atoms in total. The molecular formula is C20H23N3O3. The average molecular weight is 353 g/mol. The van der Waals surface area contributed by atoms with Gasteiger partial charge in [0, 0.05) is 49.5 Å². The van der Waals surface area contributed by atoms with Crippen molar-refractivity contribution in [2.45, 2.75) is 0 Å². The number of hydrogen-bond donors (Lipinski definition) is 0. The number of morpholine rings is 1. The lowest BCUT2D eigenvalue weighted by Gasteiger charge is -2.39. The van der Waals surface area contributed by atoms with Gasteiger partial charge < -0.3 is 19.3 Å². The van der Waals surface area contributed by atoms with Crippen molar-refractivity contribution >= 4 is 11.6 Å². The Kier molecular flexibility index (Phi) is 5.02. The van der Waals surface area contributed by atoms with Crippen molar-refractivity contribution in [3.05, 3.63) is 54.4 Å². The van der Waals surface area contributed by atoms with Gasteiger partial charge in [-0.15, -0.1) is 0 Å². The molecule has 2 fully saturated rings. The highest BCUT2D eigenvalue weighted by molar-refractivity contribution is 5.95. The second-order valence-electron chi connectivity index (χ2n) is 6.72. The average Bonchev–Trinajstić information content (AvgIpc) is 2.68. The Morgan fingerprint density at radius 2 is 1.92 bits per heavy atom. The summed E-state index contributed by atoms with van der Waals surface area (Å²) >= 11 is 0. The second-order valence-corrected chi connectivity index (χ2v) is 6.72. The van der Waals surface area contributed by atoms with Crippen molar-refractivity contribution in [2.24, 2.45) is 5.92 Å². The Balaban J connectivity index is 1.26. The molecule has 0 radical (unpaired) electrons. The molecule has 0 saturated carbocycles. The number of hydrogen-bond acceptors (Lipinski definition) is 5. The molecule has 2 aliphatic heterocycles. The van der Waals surface area contributed by atoms with Gasteiger partial charge in [-0.2, -0.15) is 0 Å². The number of benzene rings is 1. The van der Waals surface area contributed by atoms with E-state index in [9.17, 15) is 4.79 Å². The molecule has 1 amide bonds. The molecular weight excluding hydrogens is 330 g/mol. The standard InChI is InChI=1S/C20H23N3O3/c24-20(17-3-5-18(6-4-17)22-8-10-25-11-9-22)23-13-16(14-23)15-26-19-2-1-7-21-12-19/h1-7,12,16H,8-11,13-15H2. The number of amides is 1. The molecule has 2 aliphatic rings. The molecule has 0 unspecified atom stereocenters. The fourth-order valence-electron chi connectivity index (χ4n) is 3.31. The molecule has 2 saturated heterocycles. The number of aromatic nitrogens is 1. The fourth-order valence-corrected chi connectivity index (χ4v) is 3.31. The van der Waals surface area contributed by atoms with Gasteiger partial charge in [0.25, 0.3) is 5.91 Å². The van der Waals surface area contributed by atoms with Crippen LogP contribution in [0.2, 0.25) is 0 Å². The van der Waals surface area contributed by atoms with Gasteiger partial charge in [0.1, 0.15) is 5.75 Å². The molecule has 3 heterocycles. The van der Waals surface area contributed by atoms with Crippen LogP contribution in [0.4, 0.5) is 5.69 Å². The maximum Gasteiger partial charge on any atom is 0.253 e. The van der Waals surface area contributed by atoms with Gasteiger partial charge in [0.2, 0.25) is 0 Å². The molecule has 2 aromatic rings. The zero-order valence-electron chi connectivity index (χ0n) is 14.7. The molecule has 1 aromatic heterocycles. The fraction of sp³-hybridized carbons (Fsp3) is 0.400. The molecule has 1 aromatic carbocycles. The number of rotatable bonds is 5. The Bertz CT molecular complexity index is 724. The van der Waals surface area contributed by atoms with Crippen LogP contribution in [-0.4, -0.2) is 61.8 Å². The Morgan fingerprint density at radius 1 is 1.15 bits per heavy atom. The summed E-state index contributed by atoms with van der Waals surface area (Å²) in [5, 5.41) is 0. The minimum atomic E-state index is 0.0937. The summed E-state index contributed by atoms with van der Waals surface area (Å²) in [5.74, 6) is 1.25. The number of pyridine rings is 1. The van der Waals surface area contributed by atoms with E-state index in [1.54, 1.807) is 12.4 Å². The van der Waals surface area contributed by atoms with E-state index in [1.807, 2.05) is 41.3 Å². The van der Waals surface area contributed by atoms with E-state index in [0.29, 0.717) is 12.5 Å². The van der Waals surface area contributed by atoms with Crippen LogP contribution in [0.3, 0.4) is 0 Å². The van der Waals surface area contributed by atoms with E-state index in [-0.39, 0.29) is 5.91 Å². The summed E-state index contributed by atoms with van der Waals surface area (Å²) in [4.78, 5) is 20.8. The number of carbonyl (C=O) groups excluding carboxylic acids is 1. The van der Waals surface area contributed by atoms with E-state index in [2.05, 4.69) is 9.88 Å². The molecule has 0 spiro atoms. The lowest BCUT2D eigenvalue weighted by atomic mass is 9.99. The summed E-state index contributed by atoms with van der Waals surface area (Å²) in [7, 11) is 0. The van der Waals surface area contributed by atoms with Crippen LogP contribution in [0, 0.1) is 5.92 Å². The minimum Gasteiger partial charge on any atom is -0.492 e. The van der Waals surface area contributed by atoms with Crippen LogP contribution in [0.5, 0.6) is 5.75 Å². The van der Waals surface area contributed by atoms with E-state index in [1.165, 1.54) is 0 Å². The molecule has 0 aliphatic carbocycles. The Hall–Kier alpha value is -2.60. The maximum absolute atomic E-state index is 12.6. The highest BCUT2D eigenvalue weighted by atomic mass is 16.5. The first kappa shape index (κ1) is 16.8. The SMILES string of the molecule is O=C(c1ccc(N2CCOCC2)cc1)N1CC(COc2cccnc2)C1. The third-order valence-corrected chi connectivity index (χ3v) is 4.85. The van der Waals surface area contributed by atoms with E-state index in [0.717, 1.165) is 56.4 Å². The lowest BCUT2D eigenvalue weighted by molar-refractivity contribution is 0.0393. The predicted octanol–water partition coefficient (Wildman–Crippen LogP) is 2.07. The smallest absolute Gasteiger partial charge is 0.253 e. The van der Waals surface area contributed by atoms with Crippen molar-refractivity contribution < 1.29 is 14.3 Å². The minimum absolute atomic E-state index is 0.0937. The summed E-state index contributed by atoms with van der Waals surface area (Å²) in [6.07, 6.45) is 3.43. The van der Waals surface area contributed by atoms with Crippen LogP contribution in [0.25, 0.3) is 0 Å². The third-order valence-electron chi connectivity index (χ3n) is 4.85. The number of nitrogens with zero attached hydrogens (tertiary/aromatic N) is 3. The summed E-state index contributed by atoms with van der Waals surface area (Å²) in [6.45, 7) is 5.42. The van der Waals surface area contributed by atoms with Crippen LogP contribution in [-0.2, 0) is 4.74 Å². The molecule has 6 heteroatoms. The maximum atomic E-state index is 12.6. The van der Waals surface area contributed by atoms with Crippen LogP contribution in [0.1, 0.15) is 10.4 Å². The topological polar surface area (TPSA) is 54.9 Å². The molecule has 0 atom stereocenters. The van der Waals surface area contributed by atoms with Crippen molar-refractivity contribution in [3.63, 3.8) is 0 Å². The number of anilines is 1. The van der Waals surface area contributed by atoms with Gasteiger partial charge in [-0.25, -0.2) is 0 Å². The van der Waals surface area contributed by atoms with Crippen LogP contribution < -0.4 is 9.64 Å². The highest BCUT2D eigenvalue weighted by Crippen LogP contribution is 2.22. The van der Waals surface area contributed by atoms with Gasteiger partial charge in [-0.3, -0.25) is 9.78 Å². The molecule has 26 heavy (non-hydrogen) atoms. The van der Waals surface area contributed by atoms with Gasteiger partial charge in [0.15, 0.2) is 0 Å².